The van der Waals surface area contributed by atoms with E-state index in [9.17, 15) is 9.59 Å². The van der Waals surface area contributed by atoms with Gasteiger partial charge in [0.2, 0.25) is 0 Å². The minimum absolute atomic E-state index is 0.140. The average Bonchev–Trinajstić information content (AvgIpc) is 3.14. The van der Waals surface area contributed by atoms with Crippen LogP contribution in [0.1, 0.15) is 6.42 Å². The third-order valence-electron chi connectivity index (χ3n) is 4.36. The Kier molecular flexibility index (Phi) is 5.37. The van der Waals surface area contributed by atoms with E-state index in [1.807, 2.05) is 18.2 Å². The highest BCUT2D eigenvalue weighted by Gasteiger charge is 2.19. The minimum atomic E-state index is -0.513. The Hall–Kier alpha value is -2.73. The van der Waals surface area contributed by atoms with Gasteiger partial charge in [-0.25, -0.2) is 9.36 Å². The van der Waals surface area contributed by atoms with E-state index in [-0.39, 0.29) is 13.0 Å². The molecule has 9 heteroatoms. The molecule has 0 aliphatic carbocycles. The molecule has 0 radical (unpaired) electrons. The molecule has 0 aliphatic heterocycles. The Balaban J connectivity index is 2.06. The third-order valence-corrected chi connectivity index (χ3v) is 6.27. The third kappa shape index (κ3) is 3.53. The van der Waals surface area contributed by atoms with E-state index >= 15 is 0 Å². The molecule has 4 rings (SSSR count). The van der Waals surface area contributed by atoms with Crippen LogP contribution in [0.2, 0.25) is 5.02 Å². The summed E-state index contributed by atoms with van der Waals surface area (Å²) in [4.78, 5) is 31.3. The molecular formula is C20H12BrClN4O2S. The van der Waals surface area contributed by atoms with Gasteiger partial charge in [-0.3, -0.25) is 14.3 Å². The van der Waals surface area contributed by atoms with Crippen LogP contribution in [-0.2, 0) is 6.54 Å². The maximum atomic E-state index is 13.2. The van der Waals surface area contributed by atoms with Crippen LogP contribution in [0.4, 0.5) is 0 Å². The van der Waals surface area contributed by atoms with Gasteiger partial charge < -0.3 is 0 Å². The largest absolute Gasteiger partial charge is 0.336 e. The summed E-state index contributed by atoms with van der Waals surface area (Å²) in [5, 5.41) is 9.58. The van der Waals surface area contributed by atoms with Gasteiger partial charge in [0.25, 0.3) is 5.56 Å². The van der Waals surface area contributed by atoms with Crippen LogP contribution in [0, 0.1) is 11.3 Å². The molecule has 3 aromatic heterocycles. The van der Waals surface area contributed by atoms with Crippen molar-refractivity contribution in [2.45, 2.75) is 13.0 Å². The first-order valence-electron chi connectivity index (χ1n) is 8.53. The zero-order valence-corrected chi connectivity index (χ0v) is 18.0. The van der Waals surface area contributed by atoms with Crippen LogP contribution in [0.15, 0.2) is 62.9 Å². The molecule has 0 unspecified atom stereocenters. The number of hydrogen-bond donors (Lipinski definition) is 0. The lowest BCUT2D eigenvalue weighted by atomic mass is 10.2. The number of aromatic nitrogens is 3. The van der Waals surface area contributed by atoms with E-state index in [0.717, 1.165) is 15.0 Å². The molecule has 0 bridgehead atoms. The number of aryl methyl sites for hydroxylation is 1. The smallest absolute Gasteiger partial charge is 0.291 e. The Bertz CT molecular complexity index is 1400. The Morgan fingerprint density at radius 3 is 2.72 bits per heavy atom. The number of pyridine rings is 1. The van der Waals surface area contributed by atoms with E-state index in [2.05, 4.69) is 27.0 Å². The first-order chi connectivity index (χ1) is 14.0. The van der Waals surface area contributed by atoms with Crippen molar-refractivity contribution < 1.29 is 0 Å². The molecule has 4 aromatic rings. The summed E-state index contributed by atoms with van der Waals surface area (Å²) in [5.74, 6) is 0. The number of halogens is 2. The number of nitriles is 1. The average molecular weight is 488 g/mol. The first kappa shape index (κ1) is 19.6. The van der Waals surface area contributed by atoms with Crippen molar-refractivity contribution >= 4 is 49.1 Å². The SMILES string of the molecule is N#CCCn1c(=O)n(-c2cncc(Br)c2)c(=O)c2sc(-c3ccccc3Cl)cc21. The Morgan fingerprint density at radius 1 is 1.21 bits per heavy atom. The van der Waals surface area contributed by atoms with Gasteiger partial charge in [0.1, 0.15) is 4.70 Å². The summed E-state index contributed by atoms with van der Waals surface area (Å²) in [7, 11) is 0. The van der Waals surface area contributed by atoms with Crippen LogP contribution in [0.5, 0.6) is 0 Å². The van der Waals surface area contributed by atoms with Crippen LogP contribution in [0.3, 0.4) is 0 Å². The van der Waals surface area contributed by atoms with Crippen molar-refractivity contribution in [3.05, 3.63) is 79.1 Å². The summed E-state index contributed by atoms with van der Waals surface area (Å²) < 4.78 is 3.60. The van der Waals surface area contributed by atoms with Crippen LogP contribution in [0.25, 0.3) is 26.3 Å². The number of hydrogen-bond acceptors (Lipinski definition) is 5. The number of nitrogens with zero attached hydrogens (tertiary/aromatic N) is 4. The zero-order valence-electron chi connectivity index (χ0n) is 14.8. The van der Waals surface area contributed by atoms with E-state index in [1.165, 1.54) is 22.1 Å². The molecule has 0 spiro atoms. The van der Waals surface area contributed by atoms with Gasteiger partial charge in [-0.2, -0.15) is 5.26 Å². The van der Waals surface area contributed by atoms with Crippen molar-refractivity contribution in [3.8, 4) is 22.2 Å². The molecular weight excluding hydrogens is 476 g/mol. The number of fused-ring (bicyclic) bond motifs is 1. The number of benzene rings is 1. The topological polar surface area (TPSA) is 80.7 Å². The van der Waals surface area contributed by atoms with E-state index < -0.39 is 11.2 Å². The molecule has 0 saturated heterocycles. The fourth-order valence-electron chi connectivity index (χ4n) is 3.07. The van der Waals surface area contributed by atoms with Crippen molar-refractivity contribution in [1.29, 1.82) is 5.26 Å². The lowest BCUT2D eigenvalue weighted by Gasteiger charge is -2.10. The maximum absolute atomic E-state index is 13.2. The zero-order chi connectivity index (χ0) is 20.5. The second-order valence-electron chi connectivity index (χ2n) is 6.15. The lowest BCUT2D eigenvalue weighted by Crippen LogP contribution is -2.38. The van der Waals surface area contributed by atoms with Gasteiger partial charge >= 0.3 is 5.69 Å². The maximum Gasteiger partial charge on any atom is 0.336 e. The standard InChI is InChI=1S/C20H12BrClN4O2S/c21-12-8-13(11-24-10-12)26-19(27)18-16(25(20(26)28)7-3-6-23)9-17(29-18)14-4-1-2-5-15(14)22/h1-2,4-5,8-11H,3,7H2. The molecule has 0 N–H and O–H groups in total. The van der Waals surface area contributed by atoms with Gasteiger partial charge in [-0.1, -0.05) is 29.8 Å². The van der Waals surface area contributed by atoms with E-state index in [1.54, 1.807) is 24.4 Å². The second-order valence-corrected chi connectivity index (χ2v) is 8.52. The lowest BCUT2D eigenvalue weighted by molar-refractivity contribution is 0.662. The summed E-state index contributed by atoms with van der Waals surface area (Å²) in [6, 6.07) is 12.8. The predicted octanol–water partition coefficient (Wildman–Crippen LogP) is 4.61. The van der Waals surface area contributed by atoms with Gasteiger partial charge in [0, 0.05) is 32.7 Å². The highest BCUT2D eigenvalue weighted by Crippen LogP contribution is 2.35. The molecule has 3 heterocycles. The molecule has 0 fully saturated rings. The molecule has 1 aromatic carbocycles. The number of rotatable bonds is 4. The number of thiophene rings is 1. The first-order valence-corrected chi connectivity index (χ1v) is 10.5. The normalized spacial score (nSPS) is 10.9. The highest BCUT2D eigenvalue weighted by molar-refractivity contribution is 9.10. The minimum Gasteiger partial charge on any atom is -0.291 e. The molecule has 6 nitrogen and oxygen atoms in total. The summed E-state index contributed by atoms with van der Waals surface area (Å²) in [6.07, 6.45) is 3.17. The van der Waals surface area contributed by atoms with Crippen molar-refractivity contribution in [2.75, 3.05) is 0 Å². The predicted molar refractivity (Wildman–Crippen MR) is 118 cm³/mol. The molecule has 0 saturated carbocycles. The molecule has 0 aliphatic rings. The molecule has 0 amide bonds. The van der Waals surface area contributed by atoms with Crippen LogP contribution < -0.4 is 11.2 Å². The van der Waals surface area contributed by atoms with E-state index in [4.69, 9.17) is 16.9 Å². The molecule has 144 valence electrons. The molecule has 29 heavy (non-hydrogen) atoms. The summed E-state index contributed by atoms with van der Waals surface area (Å²) in [5.41, 5.74) is 0.691. The second kappa shape index (κ2) is 7.95. The Morgan fingerprint density at radius 2 is 2.00 bits per heavy atom. The van der Waals surface area contributed by atoms with Crippen LogP contribution in [-0.4, -0.2) is 14.1 Å². The monoisotopic (exact) mass is 486 g/mol. The Labute approximate surface area is 182 Å². The fraction of sp³-hybridized carbons (Fsp3) is 0.100. The fourth-order valence-corrected chi connectivity index (χ4v) is 4.85. The molecule has 0 atom stereocenters. The van der Waals surface area contributed by atoms with Gasteiger partial charge in [0.15, 0.2) is 0 Å². The van der Waals surface area contributed by atoms with Crippen LogP contribution >= 0.6 is 38.9 Å². The van der Waals surface area contributed by atoms with Gasteiger partial charge in [-0.15, -0.1) is 11.3 Å². The quantitative estimate of drug-likeness (QED) is 0.421. The highest BCUT2D eigenvalue weighted by atomic mass is 79.9. The van der Waals surface area contributed by atoms with E-state index in [0.29, 0.717) is 25.4 Å². The van der Waals surface area contributed by atoms with Crippen molar-refractivity contribution in [1.82, 2.24) is 14.1 Å². The summed E-state index contributed by atoms with van der Waals surface area (Å²) in [6.45, 7) is 0.173. The summed E-state index contributed by atoms with van der Waals surface area (Å²) >= 11 is 10.9. The van der Waals surface area contributed by atoms with Gasteiger partial charge in [-0.05, 0) is 34.1 Å². The van der Waals surface area contributed by atoms with Gasteiger partial charge in [0.05, 0.1) is 29.9 Å². The van der Waals surface area contributed by atoms with Crippen molar-refractivity contribution in [2.24, 2.45) is 0 Å². The van der Waals surface area contributed by atoms with Crippen molar-refractivity contribution in [3.63, 3.8) is 0 Å².